The quantitative estimate of drug-likeness (QED) is 0.0173. The lowest BCUT2D eigenvalue weighted by Gasteiger charge is -2.27. The lowest BCUT2D eigenvalue weighted by atomic mass is 10.3. The second-order valence-corrected chi connectivity index (χ2v) is 21.8. The van der Waals surface area contributed by atoms with Crippen molar-refractivity contribution >= 4 is 111 Å². The minimum atomic E-state index is -0.509. The van der Waals surface area contributed by atoms with Crippen molar-refractivity contribution in [1.29, 1.82) is 0 Å². The molecule has 0 bridgehead atoms. The Balaban J connectivity index is -0.000000465. The highest BCUT2D eigenvalue weighted by Crippen LogP contribution is 2.01. The zero-order chi connectivity index (χ0) is 85.3. The first-order valence-electron chi connectivity index (χ1n) is 34.4. The van der Waals surface area contributed by atoms with E-state index in [2.05, 4.69) is 152 Å². The molecule has 0 aromatic heterocycles. The number of amides is 16. The molecule has 0 heterocycles. The molecule has 0 aliphatic heterocycles. The number of rotatable bonds is 56. The third-order valence-electron chi connectivity index (χ3n) is 13.8. The molecule has 0 unspecified atom stereocenters. The molecule has 16 amide bonds. The van der Waals surface area contributed by atoms with Crippen molar-refractivity contribution in [2.24, 2.45) is 5.73 Å². The van der Waals surface area contributed by atoms with Gasteiger partial charge in [0, 0.05) is 183 Å². The molecule has 0 rings (SSSR count). The fraction of sp³-hybridized carbons (Fsp3) is 0.373. The van der Waals surface area contributed by atoms with E-state index in [4.69, 9.17) is 17.3 Å². The third-order valence-corrected chi connectivity index (χ3v) is 13.9. The Morgan fingerprint density at radius 2 is 0.405 bits per heavy atom. The maximum Gasteiger partial charge on any atom is 0.246 e. The number of carbonyl (C=O) groups excluding carboxylic acids is 17. The second-order valence-electron chi connectivity index (χ2n) is 21.4. The van der Waals surface area contributed by atoms with Gasteiger partial charge in [0.05, 0.1) is 0 Å². The molecule has 612 valence electrons. The summed E-state index contributed by atoms with van der Waals surface area (Å²) >= 11 is 4.71. The van der Waals surface area contributed by atoms with Gasteiger partial charge >= 0.3 is 0 Å². The lowest BCUT2D eigenvalue weighted by Crippen LogP contribution is -2.44. The average molecular weight is 1570 g/mol. The SMILES string of the molecule is C=CC(=O)Cl.C=CC(=O)NCCN(CCN)C(=O)C=C.C=CC(=O)NCCN(CCNC(=O)C=C)C(=O)C=C.C=CC(=O)NCCN(CCNC(=O)CCN(CCN(CCNC(=O)C=C)C(=O)C=C)C(=O)C=C)C(=O)C=C.C=CC(=O)NCCN(CCNCCC(=O)NCCN(CCNC(=O)C=C)C(=O)C=C)C(=O)C=C. The van der Waals surface area contributed by atoms with E-state index in [1.807, 2.05) is 0 Å². The van der Waals surface area contributed by atoms with Gasteiger partial charge in [0.25, 0.3) is 0 Å². The van der Waals surface area contributed by atoms with Gasteiger partial charge in [-0.05, 0) is 103 Å². The molecule has 0 atom stereocenters. The van der Waals surface area contributed by atoms with E-state index in [1.165, 1.54) is 64.7 Å². The molecule has 0 aliphatic carbocycles. The summed E-state index contributed by atoms with van der Waals surface area (Å²) in [7, 11) is 0. The fourth-order valence-electron chi connectivity index (χ4n) is 7.94. The molecule has 0 fully saturated rings. The van der Waals surface area contributed by atoms with E-state index >= 15 is 0 Å². The maximum atomic E-state index is 12.4. The Labute approximate surface area is 656 Å². The van der Waals surface area contributed by atoms with Crippen LogP contribution in [0.15, 0.2) is 190 Å². The van der Waals surface area contributed by atoms with E-state index < -0.39 is 11.1 Å². The molecule has 12 N–H and O–H groups in total. The number of hydrogen-bond donors (Lipinski definition) is 11. The highest BCUT2D eigenvalue weighted by Gasteiger charge is 2.19. The van der Waals surface area contributed by atoms with Gasteiger partial charge in [-0.3, -0.25) is 81.5 Å². The van der Waals surface area contributed by atoms with Gasteiger partial charge in [-0.2, -0.15) is 0 Å². The molecule has 35 nitrogen and oxygen atoms in total. The molecule has 36 heteroatoms. The first-order valence-corrected chi connectivity index (χ1v) is 34.7. The predicted molar refractivity (Wildman–Crippen MR) is 428 cm³/mol. The third kappa shape index (κ3) is 61.2. The summed E-state index contributed by atoms with van der Waals surface area (Å²) in [6, 6.07) is 0. The van der Waals surface area contributed by atoms with Crippen LogP contribution in [0.25, 0.3) is 0 Å². The van der Waals surface area contributed by atoms with Crippen LogP contribution in [-0.4, -0.2) is 304 Å². The number of hydrogen-bond acceptors (Lipinski definition) is 19. The largest absolute Gasteiger partial charge is 0.354 e. The molecule has 0 saturated heterocycles. The Morgan fingerprint density at radius 1 is 0.225 bits per heavy atom. The van der Waals surface area contributed by atoms with Crippen molar-refractivity contribution in [2.45, 2.75) is 12.8 Å². The van der Waals surface area contributed by atoms with E-state index in [0.29, 0.717) is 85.1 Å². The van der Waals surface area contributed by atoms with Gasteiger partial charge in [-0.15, -0.1) is 0 Å². The molecule has 0 spiro atoms. The van der Waals surface area contributed by atoms with Crippen molar-refractivity contribution in [1.82, 2.24) is 87.5 Å². The molecule has 0 saturated carbocycles. The summed E-state index contributed by atoms with van der Waals surface area (Å²) in [5, 5.41) is 26.0. The Hall–Kier alpha value is -12.5. The smallest absolute Gasteiger partial charge is 0.246 e. The Morgan fingerprint density at radius 3 is 0.604 bits per heavy atom. The Bertz CT molecular complexity index is 3190. The summed E-state index contributed by atoms with van der Waals surface area (Å²) in [5.41, 5.74) is 5.35. The molecule has 0 radical (unpaired) electrons. The van der Waals surface area contributed by atoms with E-state index in [1.54, 1.807) is 0 Å². The van der Waals surface area contributed by atoms with Crippen LogP contribution in [0.3, 0.4) is 0 Å². The summed E-state index contributed by atoms with van der Waals surface area (Å²) in [6.07, 6.45) is 17.5. The first-order chi connectivity index (χ1) is 52.9. The van der Waals surface area contributed by atoms with E-state index in [9.17, 15) is 81.5 Å². The molecule has 0 aromatic carbocycles. The van der Waals surface area contributed by atoms with E-state index in [0.717, 1.165) is 60.8 Å². The van der Waals surface area contributed by atoms with Gasteiger partial charge in [-0.1, -0.05) is 98.7 Å². The summed E-state index contributed by atoms with van der Waals surface area (Å²) < 4.78 is 0. The van der Waals surface area contributed by atoms with Crippen LogP contribution in [-0.2, 0) is 81.5 Å². The standard InChI is InChI=1S/C26H38N6O6.C23H36N6O5.C13H19N3O3.C10H17N3O2.C3H3ClO/c1-6-21(33)27-12-16-31(25(37)9-4)17-14-29-23(35)11-15-30(24(36)8-3)19-20-32(26(38)10-5)18-13-28-22(34)7-2;1-5-19(30)25-12-16-28(22(33)7-3)15-11-24-10-9-21(32)27-14-18-29(23(34)8-4)17-13-26-20(31)6-2;1-4-11(17)14-7-9-16(13(19)6-3)10-8-15-12(18)5-2;1-3-9(14)12-6-8-13(7-5-11)10(15)4-2;1-2-3(4)5/h6-10H,1-5,11-20H2,(H,27,33)(H,28,34)(H,29,35);5-8,24H,1-4,9-18H2,(H,25,30)(H,26,31)(H,27,32);4-6H,1-3,7-10H2,(H,14,17)(H,15,18);3-4H,1-2,5-8,11H2,(H,12,14);2H,1H2. The van der Waals surface area contributed by atoms with Crippen molar-refractivity contribution < 1.29 is 81.5 Å². The highest BCUT2D eigenvalue weighted by molar-refractivity contribution is 6.66. The Kier molecular flexibility index (Phi) is 69.2. The maximum absolute atomic E-state index is 12.4. The monoisotopic (exact) mass is 1570 g/mol. The summed E-state index contributed by atoms with van der Waals surface area (Å²) in [6.45, 7) is 57.9. The average Bonchev–Trinajstić information content (AvgIpc) is 0.923. The topological polar surface area (TPSA) is 459 Å². The normalized spacial score (nSPS) is 9.39. The van der Waals surface area contributed by atoms with Crippen molar-refractivity contribution in [2.75, 3.05) is 170 Å². The van der Waals surface area contributed by atoms with Gasteiger partial charge < -0.3 is 93.2 Å². The van der Waals surface area contributed by atoms with Gasteiger partial charge in [-0.25, -0.2) is 0 Å². The molecular weight excluding hydrogens is 1460 g/mol. The van der Waals surface area contributed by atoms with Crippen LogP contribution in [0.1, 0.15) is 12.8 Å². The van der Waals surface area contributed by atoms with E-state index in [-0.39, 0.29) is 187 Å². The van der Waals surface area contributed by atoms with Crippen LogP contribution in [0.2, 0.25) is 0 Å². The zero-order valence-corrected chi connectivity index (χ0v) is 64.3. The minimum absolute atomic E-state index is 0.0187. The second kappa shape index (κ2) is 71.7. The van der Waals surface area contributed by atoms with Gasteiger partial charge in [0.1, 0.15) is 0 Å². The molecule has 0 aliphatic rings. The number of halogens is 1. The number of nitrogens with one attached hydrogen (secondary N) is 10. The van der Waals surface area contributed by atoms with Crippen molar-refractivity contribution in [3.8, 4) is 0 Å². The van der Waals surface area contributed by atoms with Gasteiger partial charge in [0.15, 0.2) is 0 Å². The number of nitrogens with zero attached hydrogens (tertiary/aromatic N) is 7. The number of carbonyl (C=O) groups is 17. The van der Waals surface area contributed by atoms with Gasteiger partial charge in [0.2, 0.25) is 99.8 Å². The van der Waals surface area contributed by atoms with Crippen LogP contribution in [0.4, 0.5) is 0 Å². The molecule has 111 heavy (non-hydrogen) atoms. The fourth-order valence-corrected chi connectivity index (χ4v) is 7.94. The van der Waals surface area contributed by atoms with Crippen LogP contribution >= 0.6 is 11.6 Å². The molecular formula is C75H113ClN18O17. The number of nitrogens with two attached hydrogens (primary N) is 1. The predicted octanol–water partition coefficient (Wildman–Crippen LogP) is -2.34. The van der Waals surface area contributed by atoms with Crippen LogP contribution < -0.4 is 58.9 Å². The van der Waals surface area contributed by atoms with Crippen molar-refractivity contribution in [3.05, 3.63) is 190 Å². The van der Waals surface area contributed by atoms with Crippen LogP contribution in [0, 0.1) is 0 Å². The minimum Gasteiger partial charge on any atom is -0.354 e. The lowest BCUT2D eigenvalue weighted by molar-refractivity contribution is -0.131. The number of allylic oxidation sites excluding steroid dienone is 1. The van der Waals surface area contributed by atoms with Crippen LogP contribution in [0.5, 0.6) is 0 Å². The van der Waals surface area contributed by atoms with Crippen molar-refractivity contribution in [3.63, 3.8) is 0 Å². The summed E-state index contributed by atoms with van der Waals surface area (Å²) in [4.78, 5) is 205. The zero-order valence-electron chi connectivity index (χ0n) is 63.6. The molecule has 0 aromatic rings. The summed E-state index contributed by atoms with van der Waals surface area (Å²) in [5.74, 6) is -4.90. The first kappa shape index (κ1) is 107. The highest BCUT2D eigenvalue weighted by atomic mass is 35.5.